The van der Waals surface area contributed by atoms with E-state index in [0.717, 1.165) is 10.6 Å². The molecule has 28 heavy (non-hydrogen) atoms. The number of benzene rings is 1. The largest absolute Gasteiger partial charge is 0.481 e. The van der Waals surface area contributed by atoms with Gasteiger partial charge in [0.25, 0.3) is 5.91 Å². The summed E-state index contributed by atoms with van der Waals surface area (Å²) in [7, 11) is 4.79. The van der Waals surface area contributed by atoms with Gasteiger partial charge in [0.05, 0.1) is 20.3 Å². The summed E-state index contributed by atoms with van der Waals surface area (Å²) < 4.78 is 10.3. The number of rotatable bonds is 8. The van der Waals surface area contributed by atoms with Crippen LogP contribution in [0.1, 0.15) is 17.3 Å². The zero-order valence-corrected chi connectivity index (χ0v) is 17.2. The van der Waals surface area contributed by atoms with Crippen LogP contribution in [0.25, 0.3) is 0 Å². The second kappa shape index (κ2) is 10.3. The van der Waals surface area contributed by atoms with Crippen molar-refractivity contribution < 1.29 is 14.3 Å². The molecule has 0 radical (unpaired) electrons. The van der Waals surface area contributed by atoms with E-state index in [0.29, 0.717) is 22.5 Å². The molecule has 6 nitrogen and oxygen atoms in total. The second-order valence-electron chi connectivity index (χ2n) is 5.55. The molecule has 0 saturated heterocycles. The standard InChI is InChI=1S/C21H23N3O3S/c1-6-8-9-16(7-2)24(3)20(25)15-10-12-17(13-11-15)28-21-22-18(26-4)14-19(23-21)27-5/h6-14H,2H2,1,3-5H3/b8-6-,16-9+. The maximum atomic E-state index is 12.7. The Balaban J connectivity index is 2.17. The molecule has 0 atom stereocenters. The van der Waals surface area contributed by atoms with E-state index >= 15 is 0 Å². The molecular formula is C21H23N3O3S. The first-order chi connectivity index (χ1) is 13.5. The number of carbonyl (C=O) groups excluding carboxylic acids is 1. The van der Waals surface area contributed by atoms with Crippen molar-refractivity contribution in [2.75, 3.05) is 21.3 Å². The third-order valence-corrected chi connectivity index (χ3v) is 4.62. The van der Waals surface area contributed by atoms with Gasteiger partial charge in [0.15, 0.2) is 5.16 Å². The van der Waals surface area contributed by atoms with Crippen LogP contribution in [0.3, 0.4) is 0 Å². The zero-order valence-electron chi connectivity index (χ0n) is 16.4. The Labute approximate surface area is 169 Å². The Morgan fingerprint density at radius 2 is 1.75 bits per heavy atom. The smallest absolute Gasteiger partial charge is 0.258 e. The Bertz CT molecular complexity index is 870. The molecule has 0 N–H and O–H groups in total. The van der Waals surface area contributed by atoms with Gasteiger partial charge in [-0.3, -0.25) is 4.79 Å². The summed E-state index contributed by atoms with van der Waals surface area (Å²) in [5, 5.41) is 0.496. The quantitative estimate of drug-likeness (QED) is 0.487. The van der Waals surface area contributed by atoms with Crippen molar-refractivity contribution in [2.24, 2.45) is 0 Å². The summed E-state index contributed by atoms with van der Waals surface area (Å²) in [6.45, 7) is 5.68. The highest BCUT2D eigenvalue weighted by atomic mass is 32.2. The van der Waals surface area contributed by atoms with Crippen LogP contribution in [0.2, 0.25) is 0 Å². The van der Waals surface area contributed by atoms with Crippen molar-refractivity contribution in [3.05, 3.63) is 72.5 Å². The zero-order chi connectivity index (χ0) is 20.5. The summed E-state index contributed by atoms with van der Waals surface area (Å²) >= 11 is 1.35. The van der Waals surface area contributed by atoms with Gasteiger partial charge in [-0.15, -0.1) is 0 Å². The molecule has 1 aromatic heterocycles. The summed E-state index contributed by atoms with van der Waals surface area (Å²) in [5.74, 6) is 0.729. The summed E-state index contributed by atoms with van der Waals surface area (Å²) in [6.07, 6.45) is 7.24. The lowest BCUT2D eigenvalue weighted by Gasteiger charge is -2.18. The van der Waals surface area contributed by atoms with Crippen molar-refractivity contribution in [1.29, 1.82) is 0 Å². The van der Waals surface area contributed by atoms with Crippen molar-refractivity contribution in [1.82, 2.24) is 14.9 Å². The Kier molecular flexibility index (Phi) is 7.83. The van der Waals surface area contributed by atoms with Gasteiger partial charge in [0.2, 0.25) is 11.8 Å². The van der Waals surface area contributed by atoms with E-state index in [2.05, 4.69) is 16.5 Å². The lowest BCUT2D eigenvalue weighted by Crippen LogP contribution is -2.25. The monoisotopic (exact) mass is 397 g/mol. The molecule has 0 spiro atoms. The predicted molar refractivity (Wildman–Crippen MR) is 111 cm³/mol. The fourth-order valence-electron chi connectivity index (χ4n) is 2.23. The lowest BCUT2D eigenvalue weighted by molar-refractivity contribution is 0.0840. The van der Waals surface area contributed by atoms with Crippen LogP contribution in [-0.4, -0.2) is 42.0 Å². The average molecular weight is 398 g/mol. The van der Waals surface area contributed by atoms with Crippen molar-refractivity contribution in [3.63, 3.8) is 0 Å². The second-order valence-corrected chi connectivity index (χ2v) is 6.59. The number of amides is 1. The number of methoxy groups -OCH3 is 2. The van der Waals surface area contributed by atoms with E-state index in [1.54, 1.807) is 36.2 Å². The minimum atomic E-state index is -0.119. The van der Waals surface area contributed by atoms with Gasteiger partial charge in [0.1, 0.15) is 0 Å². The molecule has 0 aliphatic heterocycles. The predicted octanol–water partition coefficient (Wildman–Crippen LogP) is 4.36. The molecule has 2 aromatic rings. The molecule has 0 fully saturated rings. The molecule has 0 aliphatic rings. The van der Waals surface area contributed by atoms with E-state index in [1.165, 1.54) is 26.0 Å². The minimum Gasteiger partial charge on any atom is -0.481 e. The molecule has 0 bridgehead atoms. The molecule has 1 heterocycles. The first-order valence-electron chi connectivity index (χ1n) is 8.50. The van der Waals surface area contributed by atoms with Crippen LogP contribution in [0, 0.1) is 0 Å². The molecule has 2 rings (SSSR count). The van der Waals surface area contributed by atoms with Gasteiger partial charge in [-0.1, -0.05) is 18.7 Å². The Hall–Kier alpha value is -3.06. The van der Waals surface area contributed by atoms with Crippen LogP contribution in [0.5, 0.6) is 11.8 Å². The highest BCUT2D eigenvalue weighted by Crippen LogP contribution is 2.28. The maximum absolute atomic E-state index is 12.7. The fourth-order valence-corrected chi connectivity index (χ4v) is 2.99. The van der Waals surface area contributed by atoms with E-state index in [9.17, 15) is 4.79 Å². The topological polar surface area (TPSA) is 64.6 Å². The first-order valence-corrected chi connectivity index (χ1v) is 9.32. The van der Waals surface area contributed by atoms with Gasteiger partial charge in [-0.2, -0.15) is 9.97 Å². The van der Waals surface area contributed by atoms with Crippen molar-refractivity contribution >= 4 is 17.7 Å². The summed E-state index contributed by atoms with van der Waals surface area (Å²) in [6, 6.07) is 8.86. The number of likely N-dealkylation sites (N-methyl/N-ethyl adjacent to an activating group) is 1. The van der Waals surface area contributed by atoms with E-state index in [4.69, 9.17) is 9.47 Å². The summed E-state index contributed by atoms with van der Waals surface area (Å²) in [5.41, 5.74) is 1.29. The maximum Gasteiger partial charge on any atom is 0.258 e. The van der Waals surface area contributed by atoms with E-state index in [1.807, 2.05) is 37.3 Å². The van der Waals surface area contributed by atoms with Crippen molar-refractivity contribution in [2.45, 2.75) is 17.0 Å². The van der Waals surface area contributed by atoms with Gasteiger partial charge in [-0.05, 0) is 55.1 Å². The lowest BCUT2D eigenvalue weighted by atomic mass is 10.2. The molecular weight excluding hydrogens is 374 g/mol. The van der Waals surface area contributed by atoms with Gasteiger partial charge < -0.3 is 14.4 Å². The Morgan fingerprint density at radius 3 is 2.25 bits per heavy atom. The number of hydrogen-bond acceptors (Lipinski definition) is 6. The highest BCUT2D eigenvalue weighted by molar-refractivity contribution is 7.99. The van der Waals surface area contributed by atoms with Crippen molar-refractivity contribution in [3.8, 4) is 11.8 Å². The first kappa shape index (κ1) is 21.2. The fraction of sp³-hybridized carbons (Fsp3) is 0.190. The minimum absolute atomic E-state index is 0.119. The van der Waals surface area contributed by atoms with E-state index < -0.39 is 0 Å². The molecule has 1 amide bonds. The molecule has 1 aromatic carbocycles. The number of carbonyl (C=O) groups is 1. The average Bonchev–Trinajstić information content (AvgIpc) is 2.73. The molecule has 0 aliphatic carbocycles. The van der Waals surface area contributed by atoms with Crippen LogP contribution in [0.4, 0.5) is 0 Å². The third-order valence-electron chi connectivity index (χ3n) is 3.75. The SMILES string of the molecule is C=C/C(=C\C=C/C)N(C)C(=O)c1ccc(Sc2nc(OC)cc(OC)n2)cc1. The van der Waals surface area contributed by atoms with Gasteiger partial charge in [0, 0.05) is 23.2 Å². The van der Waals surface area contributed by atoms with Gasteiger partial charge in [-0.25, -0.2) is 0 Å². The van der Waals surface area contributed by atoms with Crippen LogP contribution >= 0.6 is 11.8 Å². The van der Waals surface area contributed by atoms with Crippen LogP contribution in [0.15, 0.2) is 77.0 Å². The number of nitrogens with zero attached hydrogens (tertiary/aromatic N) is 3. The normalized spacial score (nSPS) is 11.4. The molecule has 146 valence electrons. The highest BCUT2D eigenvalue weighted by Gasteiger charge is 2.14. The molecule has 0 saturated carbocycles. The number of ether oxygens (including phenoxy) is 2. The number of allylic oxidation sites excluding steroid dienone is 4. The summed E-state index contributed by atoms with van der Waals surface area (Å²) in [4.78, 5) is 23.7. The van der Waals surface area contributed by atoms with Gasteiger partial charge >= 0.3 is 0 Å². The van der Waals surface area contributed by atoms with E-state index in [-0.39, 0.29) is 5.91 Å². The third kappa shape index (κ3) is 5.47. The Morgan fingerprint density at radius 1 is 1.14 bits per heavy atom. The number of hydrogen-bond donors (Lipinski definition) is 0. The van der Waals surface area contributed by atoms with Crippen LogP contribution < -0.4 is 9.47 Å². The van der Waals surface area contributed by atoms with Crippen LogP contribution in [-0.2, 0) is 0 Å². The molecule has 7 heteroatoms. The number of aromatic nitrogens is 2. The molecule has 0 unspecified atom stereocenters.